The molecule has 1 heterocycles. The molecule has 0 atom stereocenters. The van der Waals surface area contributed by atoms with E-state index in [1.807, 2.05) is 0 Å². The SMILES string of the molecule is CCOc1ccc(CC(=N)CO)c[n+]1[O-]. The van der Waals surface area contributed by atoms with E-state index < -0.39 is 0 Å². The fraction of sp³-hybridized carbons (Fsp3) is 0.400. The summed E-state index contributed by atoms with van der Waals surface area (Å²) in [5.41, 5.74) is 0.867. The second kappa shape index (κ2) is 5.31. The molecule has 5 nitrogen and oxygen atoms in total. The van der Waals surface area contributed by atoms with E-state index >= 15 is 0 Å². The summed E-state index contributed by atoms with van der Waals surface area (Å²) < 4.78 is 5.70. The first kappa shape index (κ1) is 11.5. The van der Waals surface area contributed by atoms with Gasteiger partial charge in [-0.3, -0.25) is 0 Å². The molecule has 82 valence electrons. The predicted octanol–water partition coefficient (Wildman–Crippen LogP) is 0.273. The topological polar surface area (TPSA) is 80.2 Å². The van der Waals surface area contributed by atoms with E-state index in [1.54, 1.807) is 19.1 Å². The van der Waals surface area contributed by atoms with Gasteiger partial charge in [-0.2, -0.15) is 0 Å². The summed E-state index contributed by atoms with van der Waals surface area (Å²) in [5, 5.41) is 27.3. The van der Waals surface area contributed by atoms with Crippen molar-refractivity contribution in [3.63, 3.8) is 0 Å². The lowest BCUT2D eigenvalue weighted by atomic mass is 10.1. The first-order chi connectivity index (χ1) is 7.17. The Labute approximate surface area is 88.0 Å². The molecule has 0 saturated heterocycles. The van der Waals surface area contributed by atoms with Crippen LogP contribution in [0.15, 0.2) is 18.3 Å². The Morgan fingerprint density at radius 3 is 2.87 bits per heavy atom. The standard InChI is InChI=1S/C10H14N2O3/c1-2-15-10-4-3-8(6-12(10)14)5-9(11)7-13/h3-4,6,11,13H,2,5,7H2,1H3. The minimum Gasteiger partial charge on any atom is -0.616 e. The molecule has 15 heavy (non-hydrogen) atoms. The molecule has 1 aromatic heterocycles. The molecule has 0 spiro atoms. The summed E-state index contributed by atoms with van der Waals surface area (Å²) in [6.07, 6.45) is 1.64. The molecule has 0 aliphatic heterocycles. The van der Waals surface area contributed by atoms with Crippen molar-refractivity contribution in [2.24, 2.45) is 0 Å². The van der Waals surface area contributed by atoms with E-state index in [4.69, 9.17) is 15.3 Å². The van der Waals surface area contributed by atoms with E-state index in [-0.39, 0.29) is 24.6 Å². The quantitative estimate of drug-likeness (QED) is 0.416. The van der Waals surface area contributed by atoms with Crippen LogP contribution in [0.1, 0.15) is 12.5 Å². The molecular formula is C10H14N2O3. The lowest BCUT2D eigenvalue weighted by molar-refractivity contribution is -0.613. The highest BCUT2D eigenvalue weighted by atomic mass is 16.5. The van der Waals surface area contributed by atoms with Crippen LogP contribution in [0.25, 0.3) is 0 Å². The van der Waals surface area contributed by atoms with Gasteiger partial charge in [0.1, 0.15) is 0 Å². The van der Waals surface area contributed by atoms with Gasteiger partial charge < -0.3 is 20.5 Å². The average Bonchev–Trinajstić information content (AvgIpc) is 2.22. The van der Waals surface area contributed by atoms with E-state index in [0.29, 0.717) is 16.9 Å². The van der Waals surface area contributed by atoms with Crippen molar-refractivity contribution in [2.45, 2.75) is 13.3 Å². The van der Waals surface area contributed by atoms with Crippen LogP contribution in [-0.4, -0.2) is 24.0 Å². The third kappa shape index (κ3) is 3.21. The Balaban J connectivity index is 2.77. The maximum Gasteiger partial charge on any atom is 0.379 e. The number of rotatable bonds is 5. The summed E-state index contributed by atoms with van der Waals surface area (Å²) >= 11 is 0. The van der Waals surface area contributed by atoms with Gasteiger partial charge in [0, 0.05) is 17.7 Å². The maximum atomic E-state index is 11.4. The van der Waals surface area contributed by atoms with Gasteiger partial charge in [0.2, 0.25) is 0 Å². The van der Waals surface area contributed by atoms with Crippen molar-refractivity contribution < 1.29 is 14.6 Å². The van der Waals surface area contributed by atoms with Crippen LogP contribution in [0.4, 0.5) is 0 Å². The Morgan fingerprint density at radius 2 is 2.33 bits per heavy atom. The number of hydrogen-bond acceptors (Lipinski definition) is 4. The third-order valence-electron chi connectivity index (χ3n) is 1.84. The monoisotopic (exact) mass is 210 g/mol. The fourth-order valence-corrected chi connectivity index (χ4v) is 1.18. The molecule has 1 aromatic rings. The molecule has 0 radical (unpaired) electrons. The minimum absolute atomic E-state index is 0.180. The van der Waals surface area contributed by atoms with Crippen LogP contribution in [0, 0.1) is 10.6 Å². The lowest BCUT2D eigenvalue weighted by Gasteiger charge is -2.06. The molecule has 0 aromatic carbocycles. The highest BCUT2D eigenvalue weighted by Crippen LogP contribution is 2.06. The van der Waals surface area contributed by atoms with Gasteiger partial charge >= 0.3 is 5.88 Å². The van der Waals surface area contributed by atoms with Crippen LogP contribution < -0.4 is 9.47 Å². The second-order valence-electron chi connectivity index (χ2n) is 3.07. The summed E-state index contributed by atoms with van der Waals surface area (Å²) in [4.78, 5) is 0. The molecule has 0 amide bonds. The van der Waals surface area contributed by atoms with Crippen molar-refractivity contribution in [2.75, 3.05) is 13.2 Å². The van der Waals surface area contributed by atoms with Crippen LogP contribution in [0.2, 0.25) is 0 Å². The number of hydrogen-bond donors (Lipinski definition) is 2. The minimum atomic E-state index is -0.286. The van der Waals surface area contributed by atoms with E-state index in [0.717, 1.165) is 0 Å². The fourth-order valence-electron chi connectivity index (χ4n) is 1.18. The molecular weight excluding hydrogens is 196 g/mol. The van der Waals surface area contributed by atoms with Gasteiger partial charge in [-0.15, -0.1) is 4.73 Å². The van der Waals surface area contributed by atoms with Gasteiger partial charge in [0.15, 0.2) is 6.20 Å². The normalized spacial score (nSPS) is 10.0. The summed E-state index contributed by atoms with van der Waals surface area (Å²) in [6.45, 7) is 1.95. The highest BCUT2D eigenvalue weighted by molar-refractivity contribution is 5.84. The number of ether oxygens (including phenoxy) is 1. The van der Waals surface area contributed by atoms with E-state index in [1.165, 1.54) is 6.20 Å². The first-order valence-corrected chi connectivity index (χ1v) is 4.69. The Morgan fingerprint density at radius 1 is 1.60 bits per heavy atom. The number of aromatic nitrogens is 1. The van der Waals surface area contributed by atoms with Gasteiger partial charge in [0.25, 0.3) is 0 Å². The summed E-state index contributed by atoms with van der Waals surface area (Å²) in [7, 11) is 0. The van der Waals surface area contributed by atoms with Crippen LogP contribution in [0.5, 0.6) is 5.88 Å². The Bertz CT molecular complexity index is 353. The zero-order valence-electron chi connectivity index (χ0n) is 8.56. The van der Waals surface area contributed by atoms with Crippen LogP contribution >= 0.6 is 0 Å². The van der Waals surface area contributed by atoms with Gasteiger partial charge in [-0.1, -0.05) is 0 Å². The number of nitrogens with one attached hydrogen (secondary N) is 1. The van der Waals surface area contributed by atoms with Crippen LogP contribution in [0.3, 0.4) is 0 Å². The number of pyridine rings is 1. The average molecular weight is 210 g/mol. The molecule has 0 saturated carbocycles. The smallest absolute Gasteiger partial charge is 0.379 e. The first-order valence-electron chi connectivity index (χ1n) is 4.69. The second-order valence-corrected chi connectivity index (χ2v) is 3.07. The largest absolute Gasteiger partial charge is 0.616 e. The van der Waals surface area contributed by atoms with Gasteiger partial charge in [0.05, 0.1) is 19.3 Å². The zero-order chi connectivity index (χ0) is 11.3. The Hall–Kier alpha value is -1.62. The van der Waals surface area contributed by atoms with Gasteiger partial charge in [-0.25, -0.2) is 0 Å². The molecule has 0 fully saturated rings. The van der Waals surface area contributed by atoms with Gasteiger partial charge in [-0.05, 0) is 13.0 Å². The maximum absolute atomic E-state index is 11.4. The molecule has 0 aliphatic carbocycles. The molecule has 0 bridgehead atoms. The van der Waals surface area contributed by atoms with E-state index in [2.05, 4.69) is 0 Å². The highest BCUT2D eigenvalue weighted by Gasteiger charge is 2.08. The van der Waals surface area contributed by atoms with Crippen LogP contribution in [-0.2, 0) is 6.42 Å². The summed E-state index contributed by atoms with van der Waals surface area (Å²) in [6, 6.07) is 3.28. The molecule has 0 unspecified atom stereocenters. The number of aliphatic hydroxyl groups excluding tert-OH is 1. The number of nitrogens with zero attached hydrogens (tertiary/aromatic N) is 1. The zero-order valence-corrected chi connectivity index (χ0v) is 8.56. The predicted molar refractivity (Wildman–Crippen MR) is 55.1 cm³/mol. The van der Waals surface area contributed by atoms with E-state index in [9.17, 15) is 5.21 Å². The van der Waals surface area contributed by atoms with Crippen molar-refractivity contribution in [1.82, 2.24) is 0 Å². The summed E-state index contributed by atoms with van der Waals surface area (Å²) in [5.74, 6) is 0.247. The van der Waals surface area contributed by atoms with Crippen molar-refractivity contribution in [3.05, 3.63) is 29.1 Å². The van der Waals surface area contributed by atoms with Crippen molar-refractivity contribution in [3.8, 4) is 5.88 Å². The molecule has 2 N–H and O–H groups in total. The lowest BCUT2D eigenvalue weighted by Crippen LogP contribution is -2.29. The van der Waals surface area contributed by atoms with Crippen molar-refractivity contribution in [1.29, 1.82) is 5.41 Å². The Kier molecular flexibility index (Phi) is 4.05. The molecule has 0 aliphatic rings. The number of aliphatic hydroxyl groups is 1. The molecule has 1 rings (SSSR count). The molecule has 5 heteroatoms. The van der Waals surface area contributed by atoms with Crippen molar-refractivity contribution >= 4 is 5.71 Å². The third-order valence-corrected chi connectivity index (χ3v) is 1.84.